The fraction of sp³-hybridized carbons (Fsp3) is 0.0588. The molecule has 0 spiro atoms. The van der Waals surface area contributed by atoms with Gasteiger partial charge in [-0.05, 0) is 54.1 Å². The summed E-state index contributed by atoms with van der Waals surface area (Å²) in [6.07, 6.45) is 1.86. The predicted octanol–water partition coefficient (Wildman–Crippen LogP) is 4.65. The number of thioether (sulfide) groups is 1. The molecule has 1 amide bonds. The summed E-state index contributed by atoms with van der Waals surface area (Å²) in [4.78, 5) is 17.2. The average molecular weight is 373 g/mol. The van der Waals surface area contributed by atoms with Gasteiger partial charge in [-0.25, -0.2) is 4.99 Å². The van der Waals surface area contributed by atoms with Gasteiger partial charge in [-0.2, -0.15) is 0 Å². The van der Waals surface area contributed by atoms with Crippen LogP contribution < -0.4 is 5.32 Å². The molecule has 0 atom stereocenters. The fourth-order valence-corrected chi connectivity index (χ4v) is 3.26. The Hall–Kier alpha value is -1.85. The molecular weight excluding hydrogens is 360 g/mol. The highest BCUT2D eigenvalue weighted by molar-refractivity contribution is 9.10. The van der Waals surface area contributed by atoms with Crippen molar-refractivity contribution in [2.75, 3.05) is 0 Å². The second-order valence-corrected chi connectivity index (χ2v) is 6.73. The minimum absolute atomic E-state index is 0.118. The molecule has 0 aliphatic carbocycles. The summed E-state index contributed by atoms with van der Waals surface area (Å²) in [5, 5.41) is 3.41. The second kappa shape index (κ2) is 6.50. The Morgan fingerprint density at radius 1 is 1.18 bits per heavy atom. The molecule has 22 heavy (non-hydrogen) atoms. The third-order valence-electron chi connectivity index (χ3n) is 3.08. The quantitative estimate of drug-likeness (QED) is 0.779. The van der Waals surface area contributed by atoms with E-state index >= 15 is 0 Å². The summed E-state index contributed by atoms with van der Waals surface area (Å²) in [5.41, 5.74) is 2.95. The van der Waals surface area contributed by atoms with Crippen LogP contribution in [-0.4, -0.2) is 11.1 Å². The number of amidine groups is 1. The average Bonchev–Trinajstić information content (AvgIpc) is 2.81. The van der Waals surface area contributed by atoms with Crippen LogP contribution >= 0.6 is 27.7 Å². The Balaban J connectivity index is 1.86. The van der Waals surface area contributed by atoms with Crippen molar-refractivity contribution in [3.63, 3.8) is 0 Å². The maximum Gasteiger partial charge on any atom is 0.264 e. The molecular formula is C17H13BrN2OS. The molecule has 2 aromatic carbocycles. The monoisotopic (exact) mass is 372 g/mol. The number of nitrogens with one attached hydrogen (secondary N) is 1. The lowest BCUT2D eigenvalue weighted by Crippen LogP contribution is -2.19. The highest BCUT2D eigenvalue weighted by Crippen LogP contribution is 2.29. The van der Waals surface area contributed by atoms with E-state index in [1.165, 1.54) is 11.8 Å². The first-order chi connectivity index (χ1) is 10.6. The molecule has 1 N–H and O–H groups in total. The number of aliphatic imine (C=N–C) groups is 1. The predicted molar refractivity (Wildman–Crippen MR) is 96.1 cm³/mol. The molecule has 0 aromatic heterocycles. The van der Waals surface area contributed by atoms with E-state index in [1.807, 2.05) is 61.5 Å². The molecule has 1 aliphatic rings. The first kappa shape index (κ1) is 15.1. The summed E-state index contributed by atoms with van der Waals surface area (Å²) in [7, 11) is 0. The van der Waals surface area contributed by atoms with Crippen LogP contribution in [0.2, 0.25) is 0 Å². The van der Waals surface area contributed by atoms with Crippen LogP contribution in [0.4, 0.5) is 5.69 Å². The van der Waals surface area contributed by atoms with Gasteiger partial charge in [0, 0.05) is 4.47 Å². The molecule has 3 rings (SSSR count). The number of halogens is 1. The number of nitrogens with zero attached hydrogens (tertiary/aromatic N) is 1. The van der Waals surface area contributed by atoms with Crippen molar-refractivity contribution in [3.05, 3.63) is 69.0 Å². The summed E-state index contributed by atoms with van der Waals surface area (Å²) < 4.78 is 0.958. The maximum atomic E-state index is 12.1. The summed E-state index contributed by atoms with van der Waals surface area (Å²) in [6.45, 7) is 2.02. The Morgan fingerprint density at radius 3 is 2.77 bits per heavy atom. The topological polar surface area (TPSA) is 41.5 Å². The van der Waals surface area contributed by atoms with Crippen molar-refractivity contribution in [2.24, 2.45) is 4.99 Å². The van der Waals surface area contributed by atoms with Crippen LogP contribution in [0.15, 0.2) is 62.9 Å². The lowest BCUT2D eigenvalue weighted by Gasteiger charge is -1.98. The van der Waals surface area contributed by atoms with Crippen LogP contribution in [0.3, 0.4) is 0 Å². The fourth-order valence-electron chi connectivity index (χ4n) is 2.03. The SMILES string of the molecule is Cc1cccc(N=C2NC(=O)/C(=C\c3ccccc3Br)S2)c1. The first-order valence-corrected chi connectivity index (χ1v) is 8.33. The number of rotatable bonds is 2. The molecule has 1 saturated heterocycles. The maximum absolute atomic E-state index is 12.1. The molecule has 1 heterocycles. The number of hydrogen-bond donors (Lipinski definition) is 1. The molecule has 0 bridgehead atoms. The minimum atomic E-state index is -0.118. The van der Waals surface area contributed by atoms with Crippen LogP contribution in [-0.2, 0) is 4.79 Å². The van der Waals surface area contributed by atoms with Gasteiger partial charge in [-0.1, -0.05) is 46.3 Å². The molecule has 1 fully saturated rings. The number of aryl methyl sites for hydroxylation is 1. The van der Waals surface area contributed by atoms with Crippen molar-refractivity contribution in [2.45, 2.75) is 6.92 Å². The van der Waals surface area contributed by atoms with Crippen LogP contribution in [0.1, 0.15) is 11.1 Å². The molecule has 110 valence electrons. The van der Waals surface area contributed by atoms with Crippen molar-refractivity contribution in [1.82, 2.24) is 5.32 Å². The smallest absolute Gasteiger partial charge is 0.264 e. The van der Waals surface area contributed by atoms with Gasteiger partial charge in [0.1, 0.15) is 0 Å². The van der Waals surface area contributed by atoms with Crippen LogP contribution in [0.5, 0.6) is 0 Å². The summed E-state index contributed by atoms with van der Waals surface area (Å²) >= 11 is 4.84. The van der Waals surface area contributed by atoms with Gasteiger partial charge < -0.3 is 5.32 Å². The Morgan fingerprint density at radius 2 is 2.00 bits per heavy atom. The normalized spacial score (nSPS) is 18.0. The molecule has 0 saturated carbocycles. The zero-order valence-corrected chi connectivity index (χ0v) is 14.2. The first-order valence-electron chi connectivity index (χ1n) is 6.72. The lowest BCUT2D eigenvalue weighted by atomic mass is 10.2. The van der Waals surface area contributed by atoms with E-state index in [-0.39, 0.29) is 5.91 Å². The third kappa shape index (κ3) is 3.48. The van der Waals surface area contributed by atoms with Gasteiger partial charge in [-0.15, -0.1) is 0 Å². The third-order valence-corrected chi connectivity index (χ3v) is 4.71. The standard InChI is InChI=1S/C17H13BrN2OS/c1-11-5-4-7-13(9-11)19-17-20-16(21)15(22-17)10-12-6-2-3-8-14(12)18/h2-10H,1H3,(H,19,20,21)/b15-10+. The van der Waals surface area contributed by atoms with Crippen molar-refractivity contribution >= 4 is 50.5 Å². The van der Waals surface area contributed by atoms with Gasteiger partial charge in [-0.3, -0.25) is 4.79 Å². The second-order valence-electron chi connectivity index (χ2n) is 4.84. The molecule has 1 aliphatic heterocycles. The Kier molecular flexibility index (Phi) is 4.45. The van der Waals surface area contributed by atoms with E-state index < -0.39 is 0 Å². The van der Waals surface area contributed by atoms with Crippen molar-refractivity contribution in [1.29, 1.82) is 0 Å². The van der Waals surface area contributed by atoms with Gasteiger partial charge in [0.25, 0.3) is 5.91 Å². The van der Waals surface area contributed by atoms with E-state index in [1.54, 1.807) is 0 Å². The Labute approximate surface area is 141 Å². The number of hydrogen-bond acceptors (Lipinski definition) is 3. The number of carbonyl (C=O) groups is 1. The molecule has 3 nitrogen and oxygen atoms in total. The van der Waals surface area contributed by atoms with Crippen LogP contribution in [0.25, 0.3) is 6.08 Å². The molecule has 5 heteroatoms. The largest absolute Gasteiger partial charge is 0.300 e. The molecule has 0 unspecified atom stereocenters. The van der Waals surface area contributed by atoms with Crippen molar-refractivity contribution in [3.8, 4) is 0 Å². The van der Waals surface area contributed by atoms with Gasteiger partial charge in [0.2, 0.25) is 0 Å². The summed E-state index contributed by atoms with van der Waals surface area (Å²) in [6, 6.07) is 15.7. The zero-order valence-electron chi connectivity index (χ0n) is 11.8. The molecule has 2 aromatic rings. The number of benzene rings is 2. The minimum Gasteiger partial charge on any atom is -0.300 e. The van der Waals surface area contributed by atoms with Gasteiger partial charge in [0.15, 0.2) is 5.17 Å². The molecule has 0 radical (unpaired) electrons. The zero-order chi connectivity index (χ0) is 15.5. The van der Waals surface area contributed by atoms with E-state index in [0.29, 0.717) is 10.1 Å². The number of carbonyl (C=O) groups excluding carboxylic acids is 1. The highest BCUT2D eigenvalue weighted by atomic mass is 79.9. The van der Waals surface area contributed by atoms with Crippen LogP contribution in [0, 0.1) is 6.92 Å². The van der Waals surface area contributed by atoms with Crippen molar-refractivity contribution < 1.29 is 4.79 Å². The van der Waals surface area contributed by atoms with E-state index in [4.69, 9.17) is 0 Å². The lowest BCUT2D eigenvalue weighted by molar-refractivity contribution is -0.115. The Bertz CT molecular complexity index is 799. The van der Waals surface area contributed by atoms with E-state index in [9.17, 15) is 4.79 Å². The highest BCUT2D eigenvalue weighted by Gasteiger charge is 2.23. The van der Waals surface area contributed by atoms with E-state index in [0.717, 1.165) is 21.3 Å². The van der Waals surface area contributed by atoms with Gasteiger partial charge >= 0.3 is 0 Å². The number of amides is 1. The van der Waals surface area contributed by atoms with E-state index in [2.05, 4.69) is 26.2 Å². The summed E-state index contributed by atoms with van der Waals surface area (Å²) in [5.74, 6) is -0.118. The van der Waals surface area contributed by atoms with Gasteiger partial charge in [0.05, 0.1) is 10.6 Å².